The Morgan fingerprint density at radius 1 is 0.909 bits per heavy atom. The van der Waals surface area contributed by atoms with Crippen molar-refractivity contribution in [1.29, 1.82) is 0 Å². The van der Waals surface area contributed by atoms with Gasteiger partial charge in [-0.25, -0.2) is 0 Å². The summed E-state index contributed by atoms with van der Waals surface area (Å²) in [5.74, 6) is 1.93. The monoisotopic (exact) mass is 454 g/mol. The summed E-state index contributed by atoms with van der Waals surface area (Å²) in [4.78, 5) is 40.3. The molecule has 2 aliphatic carbocycles. The molecular weight excluding hydrogens is 420 g/mol. The maximum absolute atomic E-state index is 12.8. The smallest absolute Gasteiger partial charge is 0.269 e. The molecule has 2 bridgehead atoms. The molecule has 33 heavy (non-hydrogen) atoms. The van der Waals surface area contributed by atoms with E-state index in [0.717, 1.165) is 50.6 Å². The minimum atomic E-state index is -0.453. The summed E-state index contributed by atoms with van der Waals surface area (Å²) < 4.78 is 0. The Bertz CT molecular complexity index is 888. The van der Waals surface area contributed by atoms with Crippen molar-refractivity contribution in [2.45, 2.75) is 63.5 Å². The van der Waals surface area contributed by atoms with Gasteiger partial charge in [0.15, 0.2) is 0 Å². The standard InChI is InChI=1S/C25H34N4O4/c30-24(26-23-16-17-1-2-20(23)15-17)18-7-11-27(12-8-18)21-9-13-28(14-10-21)25(31)19-3-5-22(6-4-19)29(32)33/h3-6,17-18,20-21,23H,1-2,7-16H2,(H,26,30). The third kappa shape index (κ3) is 4.76. The fourth-order valence-electron chi connectivity index (χ4n) is 6.59. The van der Waals surface area contributed by atoms with Crippen molar-refractivity contribution in [2.75, 3.05) is 26.2 Å². The van der Waals surface area contributed by atoms with E-state index in [4.69, 9.17) is 0 Å². The predicted molar refractivity (Wildman–Crippen MR) is 124 cm³/mol. The van der Waals surface area contributed by atoms with Crippen molar-refractivity contribution in [3.8, 4) is 0 Å². The van der Waals surface area contributed by atoms with E-state index in [1.54, 1.807) is 12.1 Å². The van der Waals surface area contributed by atoms with Crippen LogP contribution in [0.1, 0.15) is 61.7 Å². The van der Waals surface area contributed by atoms with E-state index in [1.807, 2.05) is 4.90 Å². The molecule has 0 aromatic heterocycles. The third-order valence-electron chi connectivity index (χ3n) is 8.56. The zero-order valence-corrected chi connectivity index (χ0v) is 19.2. The third-order valence-corrected chi connectivity index (χ3v) is 8.56. The van der Waals surface area contributed by atoms with Crippen molar-refractivity contribution in [2.24, 2.45) is 17.8 Å². The molecule has 1 aromatic carbocycles. The van der Waals surface area contributed by atoms with E-state index in [-0.39, 0.29) is 23.4 Å². The molecule has 1 aromatic rings. The number of benzene rings is 1. The number of carbonyl (C=O) groups is 2. The molecule has 2 saturated heterocycles. The number of nitro groups is 1. The summed E-state index contributed by atoms with van der Waals surface area (Å²) in [6, 6.07) is 6.74. The first-order valence-corrected chi connectivity index (χ1v) is 12.6. The summed E-state index contributed by atoms with van der Waals surface area (Å²) in [5, 5.41) is 14.2. The molecule has 2 heterocycles. The minimum Gasteiger partial charge on any atom is -0.353 e. The Labute approximate surface area is 194 Å². The highest BCUT2D eigenvalue weighted by atomic mass is 16.6. The summed E-state index contributed by atoms with van der Waals surface area (Å²) in [6.07, 6.45) is 8.86. The Morgan fingerprint density at radius 3 is 2.18 bits per heavy atom. The van der Waals surface area contributed by atoms with Gasteiger partial charge in [-0.1, -0.05) is 6.42 Å². The number of piperidine rings is 2. The van der Waals surface area contributed by atoms with Gasteiger partial charge in [-0.2, -0.15) is 0 Å². The quantitative estimate of drug-likeness (QED) is 0.544. The second-order valence-electron chi connectivity index (χ2n) is 10.4. The van der Waals surface area contributed by atoms with Gasteiger partial charge < -0.3 is 15.1 Å². The lowest BCUT2D eigenvalue weighted by Gasteiger charge is -2.41. The SMILES string of the molecule is O=C(NC1CC2CCC1C2)C1CCN(C2CCN(C(=O)c3ccc([N+](=O)[O-])cc3)CC2)CC1. The highest BCUT2D eigenvalue weighted by Gasteiger charge is 2.41. The lowest BCUT2D eigenvalue weighted by atomic mass is 9.91. The van der Waals surface area contributed by atoms with Gasteiger partial charge in [0.2, 0.25) is 5.91 Å². The Balaban J connectivity index is 1.06. The number of hydrogen-bond acceptors (Lipinski definition) is 5. The molecule has 2 saturated carbocycles. The average Bonchev–Trinajstić information content (AvgIpc) is 3.47. The van der Waals surface area contributed by atoms with E-state index in [1.165, 1.54) is 37.8 Å². The van der Waals surface area contributed by atoms with Gasteiger partial charge in [-0.3, -0.25) is 19.7 Å². The second-order valence-corrected chi connectivity index (χ2v) is 10.4. The average molecular weight is 455 g/mol. The number of amides is 2. The molecule has 5 rings (SSSR count). The van der Waals surface area contributed by atoms with Gasteiger partial charge >= 0.3 is 0 Å². The lowest BCUT2D eigenvalue weighted by molar-refractivity contribution is -0.384. The van der Waals surface area contributed by atoms with Crippen LogP contribution in [0.25, 0.3) is 0 Å². The fourth-order valence-corrected chi connectivity index (χ4v) is 6.59. The summed E-state index contributed by atoms with van der Waals surface area (Å²) in [5.41, 5.74) is 0.499. The maximum Gasteiger partial charge on any atom is 0.269 e. The van der Waals surface area contributed by atoms with Crippen LogP contribution in [0.3, 0.4) is 0 Å². The number of nitro benzene ring substituents is 1. The van der Waals surface area contributed by atoms with Crippen LogP contribution in [0, 0.1) is 27.9 Å². The van der Waals surface area contributed by atoms with Crippen molar-refractivity contribution < 1.29 is 14.5 Å². The number of nitrogens with one attached hydrogen (secondary N) is 1. The van der Waals surface area contributed by atoms with Gasteiger partial charge in [0.05, 0.1) is 4.92 Å². The van der Waals surface area contributed by atoms with Crippen LogP contribution >= 0.6 is 0 Å². The molecule has 2 aliphatic heterocycles. The van der Waals surface area contributed by atoms with Crippen molar-refractivity contribution in [3.63, 3.8) is 0 Å². The number of hydrogen-bond donors (Lipinski definition) is 1. The summed E-state index contributed by atoms with van der Waals surface area (Å²) in [6.45, 7) is 3.31. The van der Waals surface area contributed by atoms with Gasteiger partial charge in [0.1, 0.15) is 0 Å². The first-order chi connectivity index (χ1) is 16.0. The second kappa shape index (κ2) is 9.41. The number of non-ortho nitro benzene ring substituents is 1. The lowest BCUT2D eigenvalue weighted by Crippen LogP contribution is -2.51. The number of rotatable bonds is 5. The number of fused-ring (bicyclic) bond motifs is 2. The molecule has 178 valence electrons. The van der Waals surface area contributed by atoms with Crippen LogP contribution in [-0.2, 0) is 4.79 Å². The maximum atomic E-state index is 12.8. The van der Waals surface area contributed by atoms with Gasteiger partial charge in [0.25, 0.3) is 11.6 Å². The molecule has 3 atom stereocenters. The molecule has 0 spiro atoms. The van der Waals surface area contributed by atoms with Crippen LogP contribution in [0.15, 0.2) is 24.3 Å². The molecule has 0 radical (unpaired) electrons. The largest absolute Gasteiger partial charge is 0.353 e. The first-order valence-electron chi connectivity index (χ1n) is 12.6. The van der Waals surface area contributed by atoms with Crippen molar-refractivity contribution >= 4 is 17.5 Å². The minimum absolute atomic E-state index is 0.00202. The zero-order chi connectivity index (χ0) is 22.9. The number of nitrogens with zero attached hydrogens (tertiary/aromatic N) is 3. The molecule has 4 fully saturated rings. The van der Waals surface area contributed by atoms with E-state index >= 15 is 0 Å². The fraction of sp³-hybridized carbons (Fsp3) is 0.680. The van der Waals surface area contributed by atoms with E-state index < -0.39 is 4.92 Å². The topological polar surface area (TPSA) is 95.8 Å². The van der Waals surface area contributed by atoms with Crippen molar-refractivity contribution in [1.82, 2.24) is 15.1 Å². The predicted octanol–water partition coefficient (Wildman–Crippen LogP) is 3.22. The van der Waals surface area contributed by atoms with Crippen LogP contribution in [0.2, 0.25) is 0 Å². The molecule has 8 nitrogen and oxygen atoms in total. The summed E-state index contributed by atoms with van der Waals surface area (Å²) >= 11 is 0. The van der Waals surface area contributed by atoms with E-state index in [9.17, 15) is 19.7 Å². The molecule has 3 unspecified atom stereocenters. The normalized spacial score (nSPS) is 28.7. The molecule has 1 N–H and O–H groups in total. The Morgan fingerprint density at radius 2 is 1.61 bits per heavy atom. The van der Waals surface area contributed by atoms with Crippen LogP contribution < -0.4 is 5.32 Å². The van der Waals surface area contributed by atoms with Crippen LogP contribution in [-0.4, -0.2) is 64.8 Å². The number of carbonyl (C=O) groups excluding carboxylic acids is 2. The first kappa shape index (κ1) is 22.3. The molecular formula is C25H34N4O4. The molecule has 2 amide bonds. The van der Waals surface area contributed by atoms with Crippen molar-refractivity contribution in [3.05, 3.63) is 39.9 Å². The summed E-state index contributed by atoms with van der Waals surface area (Å²) in [7, 11) is 0. The van der Waals surface area contributed by atoms with E-state index in [2.05, 4.69) is 10.2 Å². The highest BCUT2D eigenvalue weighted by molar-refractivity contribution is 5.94. The zero-order valence-electron chi connectivity index (χ0n) is 19.2. The van der Waals surface area contributed by atoms with Gasteiger partial charge in [0, 0.05) is 48.8 Å². The molecule has 8 heteroatoms. The Kier molecular flexibility index (Phi) is 6.36. The Hall–Kier alpha value is -2.48. The van der Waals surface area contributed by atoms with Crippen LogP contribution in [0.4, 0.5) is 5.69 Å². The number of likely N-dealkylation sites (tertiary alicyclic amines) is 2. The molecule has 4 aliphatic rings. The van der Waals surface area contributed by atoms with E-state index in [0.29, 0.717) is 30.7 Å². The highest BCUT2D eigenvalue weighted by Crippen LogP contribution is 2.44. The van der Waals surface area contributed by atoms with Gasteiger partial charge in [-0.15, -0.1) is 0 Å². The van der Waals surface area contributed by atoms with Crippen LogP contribution in [0.5, 0.6) is 0 Å². The van der Waals surface area contributed by atoms with Gasteiger partial charge in [-0.05, 0) is 82.0 Å².